The minimum absolute atomic E-state index is 0.722. The van der Waals surface area contributed by atoms with Gasteiger partial charge in [0.25, 0.3) is 5.84 Å². The maximum atomic E-state index is 12.0. The van der Waals surface area contributed by atoms with Crippen LogP contribution in [-0.2, 0) is 13.1 Å². The maximum absolute atomic E-state index is 12.0. The Hall–Kier alpha value is -2.47. The van der Waals surface area contributed by atoms with Crippen LogP contribution in [0.2, 0.25) is 0 Å². The van der Waals surface area contributed by atoms with Crippen LogP contribution in [0, 0.1) is 0 Å². The fraction of sp³-hybridized carbons (Fsp3) is 0.667. The lowest BCUT2D eigenvalue weighted by Gasteiger charge is -2.34. The van der Waals surface area contributed by atoms with Crippen LogP contribution in [0.3, 0.4) is 0 Å². The topological polar surface area (TPSA) is 57.2 Å². The number of aromatic nitrogens is 3. The van der Waals surface area contributed by atoms with Gasteiger partial charge in [0.15, 0.2) is 0 Å². The predicted molar refractivity (Wildman–Crippen MR) is 160 cm³/mol. The third-order valence-electron chi connectivity index (χ3n) is 8.91. The minimum atomic E-state index is -0.848. The molecule has 2 aliphatic heterocycles. The number of nitrogens with zero attached hydrogens (tertiary/aromatic N) is 5. The molecule has 0 saturated carbocycles. The predicted octanol–water partition coefficient (Wildman–Crippen LogP) is 7.07. The van der Waals surface area contributed by atoms with Crippen molar-refractivity contribution in [2.75, 3.05) is 13.1 Å². The van der Waals surface area contributed by atoms with Gasteiger partial charge in [-0.2, -0.15) is 0 Å². The molecule has 0 saturated heterocycles. The fourth-order valence-corrected chi connectivity index (χ4v) is 6.45. The molecule has 1 aromatic heterocycles. The third kappa shape index (κ3) is 7.59. The lowest BCUT2D eigenvalue weighted by atomic mass is 9.96. The van der Waals surface area contributed by atoms with Gasteiger partial charge in [0, 0.05) is 24.0 Å². The Bertz CT molecular complexity index is 1090. The van der Waals surface area contributed by atoms with Crippen LogP contribution in [0.4, 0.5) is 0 Å². The summed E-state index contributed by atoms with van der Waals surface area (Å²) in [6.45, 7) is 9.99. The van der Waals surface area contributed by atoms with E-state index in [-0.39, 0.29) is 0 Å². The van der Waals surface area contributed by atoms with Gasteiger partial charge in [-0.15, -0.1) is 5.10 Å². The van der Waals surface area contributed by atoms with Crippen LogP contribution in [0.15, 0.2) is 47.7 Å². The standard InChI is InChI=1S/C33H52N5O/c1-4-5-6-7-8-9-10-11-12-13-14-18-22-33(39)29(3)28(2)32-36(23-19-24-37(32)33)27-31-25-34-35-38(31)26-30-20-16-15-17-21-30/h15-17,20-21,25,39H,4-14,18-19,22-24,26-27H2,1-3H3/q+1. The molecule has 1 unspecified atom stereocenters. The molecular formula is C33H52N5O+. The van der Waals surface area contributed by atoms with E-state index < -0.39 is 5.72 Å². The first kappa shape index (κ1) is 29.5. The van der Waals surface area contributed by atoms with Crippen molar-refractivity contribution in [3.8, 4) is 0 Å². The Morgan fingerprint density at radius 1 is 0.897 bits per heavy atom. The molecule has 1 atom stereocenters. The molecule has 1 N–H and O–H groups in total. The van der Waals surface area contributed by atoms with Crippen LogP contribution in [0.25, 0.3) is 0 Å². The second-order valence-corrected chi connectivity index (χ2v) is 11.8. The van der Waals surface area contributed by atoms with Crippen LogP contribution in [0.5, 0.6) is 0 Å². The van der Waals surface area contributed by atoms with Gasteiger partial charge in [0.1, 0.15) is 12.2 Å². The molecule has 0 radical (unpaired) electrons. The van der Waals surface area contributed by atoms with E-state index in [1.165, 1.54) is 87.6 Å². The first-order valence-electron chi connectivity index (χ1n) is 15.8. The maximum Gasteiger partial charge on any atom is 0.277 e. The highest BCUT2D eigenvalue weighted by atomic mass is 16.3. The van der Waals surface area contributed by atoms with Crippen molar-refractivity contribution in [2.24, 2.45) is 0 Å². The summed E-state index contributed by atoms with van der Waals surface area (Å²) in [5.41, 5.74) is 3.84. The van der Waals surface area contributed by atoms with Gasteiger partial charge < -0.3 is 5.11 Å². The number of rotatable bonds is 17. The van der Waals surface area contributed by atoms with Gasteiger partial charge in [0.05, 0.1) is 25.8 Å². The number of fused-ring (bicyclic) bond motifs is 1. The summed E-state index contributed by atoms with van der Waals surface area (Å²) in [5, 5.41) is 20.6. The third-order valence-corrected chi connectivity index (χ3v) is 8.91. The summed E-state index contributed by atoms with van der Waals surface area (Å²) in [4.78, 5) is 2.30. The van der Waals surface area contributed by atoms with Crippen molar-refractivity contribution in [3.05, 3.63) is 58.9 Å². The zero-order valence-electron chi connectivity index (χ0n) is 24.9. The second kappa shape index (κ2) is 14.8. The molecule has 0 bridgehead atoms. The normalized spacial score (nSPS) is 19.3. The van der Waals surface area contributed by atoms with Crippen molar-refractivity contribution in [2.45, 2.75) is 129 Å². The molecule has 39 heavy (non-hydrogen) atoms. The van der Waals surface area contributed by atoms with E-state index in [1.54, 1.807) is 0 Å². The number of aliphatic hydroxyl groups is 1. The second-order valence-electron chi connectivity index (χ2n) is 11.8. The molecule has 6 heteroatoms. The Labute approximate surface area is 236 Å². The Kier molecular flexibility index (Phi) is 11.2. The van der Waals surface area contributed by atoms with Crippen molar-refractivity contribution in [3.63, 3.8) is 0 Å². The number of hydrogen-bond acceptors (Lipinski definition) is 4. The Morgan fingerprint density at radius 3 is 2.21 bits per heavy atom. The largest absolute Gasteiger partial charge is 0.350 e. The lowest BCUT2D eigenvalue weighted by molar-refractivity contribution is -0.555. The summed E-state index contributed by atoms with van der Waals surface area (Å²) in [7, 11) is 0. The molecule has 6 nitrogen and oxygen atoms in total. The average molecular weight is 535 g/mol. The van der Waals surface area contributed by atoms with Crippen LogP contribution < -0.4 is 0 Å². The molecule has 1 aromatic carbocycles. The number of benzene rings is 1. The smallest absolute Gasteiger partial charge is 0.277 e. The molecule has 2 aromatic rings. The highest BCUT2D eigenvalue weighted by molar-refractivity contribution is 5.98. The number of hydrogen-bond donors (Lipinski definition) is 1. The zero-order valence-corrected chi connectivity index (χ0v) is 24.9. The number of amidine groups is 1. The van der Waals surface area contributed by atoms with E-state index in [0.717, 1.165) is 56.7 Å². The molecule has 2 aliphatic rings. The minimum Gasteiger partial charge on any atom is -0.350 e. The van der Waals surface area contributed by atoms with E-state index in [9.17, 15) is 5.11 Å². The summed E-state index contributed by atoms with van der Waals surface area (Å²) in [6.07, 6.45) is 19.8. The van der Waals surface area contributed by atoms with E-state index in [1.807, 2.05) is 16.9 Å². The van der Waals surface area contributed by atoms with E-state index in [0.29, 0.717) is 0 Å². The molecule has 214 valence electrons. The van der Waals surface area contributed by atoms with Crippen molar-refractivity contribution < 1.29 is 9.68 Å². The Morgan fingerprint density at radius 2 is 1.54 bits per heavy atom. The molecule has 0 aliphatic carbocycles. The van der Waals surface area contributed by atoms with Gasteiger partial charge in [-0.3, -0.25) is 4.58 Å². The highest BCUT2D eigenvalue weighted by Gasteiger charge is 2.53. The first-order chi connectivity index (χ1) is 19.0. The summed E-state index contributed by atoms with van der Waals surface area (Å²) in [6, 6.07) is 10.4. The van der Waals surface area contributed by atoms with Gasteiger partial charge >= 0.3 is 0 Å². The van der Waals surface area contributed by atoms with Gasteiger partial charge in [-0.05, 0) is 25.8 Å². The van der Waals surface area contributed by atoms with Crippen molar-refractivity contribution >= 4 is 5.84 Å². The van der Waals surface area contributed by atoms with Gasteiger partial charge in [-0.1, -0.05) is 113 Å². The number of unbranched alkanes of at least 4 members (excludes halogenated alkanes) is 11. The van der Waals surface area contributed by atoms with Crippen LogP contribution in [0.1, 0.15) is 122 Å². The summed E-state index contributed by atoms with van der Waals surface area (Å²) >= 11 is 0. The Balaban J connectivity index is 1.29. The summed E-state index contributed by atoms with van der Waals surface area (Å²) < 4.78 is 4.44. The first-order valence-corrected chi connectivity index (χ1v) is 15.8. The van der Waals surface area contributed by atoms with Crippen molar-refractivity contribution in [1.29, 1.82) is 0 Å². The molecule has 0 amide bonds. The van der Waals surface area contributed by atoms with E-state index >= 15 is 0 Å². The van der Waals surface area contributed by atoms with Crippen molar-refractivity contribution in [1.82, 2.24) is 19.9 Å². The average Bonchev–Trinajstić information content (AvgIpc) is 3.46. The monoisotopic (exact) mass is 534 g/mol. The molecule has 3 heterocycles. The summed E-state index contributed by atoms with van der Waals surface area (Å²) in [5.74, 6) is 1.20. The quantitative estimate of drug-likeness (QED) is 0.174. The zero-order chi connectivity index (χ0) is 27.5. The SMILES string of the molecule is CCCCCCCCCCCCCCC1(O)C(C)=C(C)C2=[N+](Cc3cnnn3Cc3ccccc3)CCCN21. The van der Waals surface area contributed by atoms with Crippen LogP contribution >= 0.6 is 0 Å². The molecular weight excluding hydrogens is 482 g/mol. The highest BCUT2D eigenvalue weighted by Crippen LogP contribution is 2.39. The van der Waals surface area contributed by atoms with Crippen LogP contribution in [-0.4, -0.2) is 54.2 Å². The van der Waals surface area contributed by atoms with E-state index in [4.69, 9.17) is 0 Å². The van der Waals surface area contributed by atoms with Gasteiger partial charge in [0.2, 0.25) is 5.72 Å². The molecule has 0 spiro atoms. The molecule has 0 fully saturated rings. The lowest BCUT2D eigenvalue weighted by Crippen LogP contribution is -2.53. The fourth-order valence-electron chi connectivity index (χ4n) is 6.45. The van der Waals surface area contributed by atoms with E-state index in [2.05, 4.69) is 64.8 Å². The van der Waals surface area contributed by atoms with Gasteiger partial charge in [-0.25, -0.2) is 9.58 Å². The molecule has 4 rings (SSSR count).